The van der Waals surface area contributed by atoms with E-state index in [1.54, 1.807) is 6.08 Å². The summed E-state index contributed by atoms with van der Waals surface area (Å²) in [6.07, 6.45) is 1.56. The lowest BCUT2D eigenvalue weighted by Gasteiger charge is -2.14. The molecule has 0 aliphatic rings. The van der Waals surface area contributed by atoms with Crippen LogP contribution in [0.5, 0.6) is 0 Å². The van der Waals surface area contributed by atoms with Gasteiger partial charge in [0, 0.05) is 38.7 Å². The van der Waals surface area contributed by atoms with Crippen molar-refractivity contribution in [2.75, 3.05) is 37.4 Å². The summed E-state index contributed by atoms with van der Waals surface area (Å²) in [7, 11) is 0.328. The Hall–Kier alpha value is -2.45. The molecule has 1 aromatic heterocycles. The summed E-state index contributed by atoms with van der Waals surface area (Å²) in [6, 6.07) is 11.1. The Labute approximate surface area is 148 Å². The lowest BCUT2D eigenvalue weighted by Crippen LogP contribution is -2.27. The standard InChI is InChI=1S/C17H23N5O2S/c1-14-20-16(13-17(21-14)22(2)3)18-10-11-19-25(23,24)12-9-15-7-5-4-6-8-15/h4-9,12-13,19H,10-11H2,1-3H3,(H,18,20,21)/b12-9+. The normalized spacial score (nSPS) is 11.6. The second-order valence-corrected chi connectivity index (χ2v) is 7.28. The first kappa shape index (κ1) is 18.9. The van der Waals surface area contributed by atoms with Crippen LogP contribution in [0.1, 0.15) is 11.4 Å². The van der Waals surface area contributed by atoms with Crippen LogP contribution in [0.4, 0.5) is 11.6 Å². The molecule has 2 aromatic rings. The molecule has 1 aromatic carbocycles. The zero-order valence-corrected chi connectivity index (χ0v) is 15.4. The summed E-state index contributed by atoms with van der Waals surface area (Å²) in [5.41, 5.74) is 0.832. The molecular weight excluding hydrogens is 338 g/mol. The number of rotatable bonds is 8. The smallest absolute Gasteiger partial charge is 0.233 e. The van der Waals surface area contributed by atoms with Gasteiger partial charge in [-0.2, -0.15) is 0 Å². The maximum atomic E-state index is 12.0. The zero-order chi connectivity index (χ0) is 18.3. The third-order valence-corrected chi connectivity index (χ3v) is 4.36. The number of hydrogen-bond acceptors (Lipinski definition) is 6. The molecule has 1 heterocycles. The van der Waals surface area contributed by atoms with Crippen molar-refractivity contribution in [2.45, 2.75) is 6.92 Å². The van der Waals surface area contributed by atoms with Crippen LogP contribution < -0.4 is 14.9 Å². The van der Waals surface area contributed by atoms with Crippen LogP contribution in [0.25, 0.3) is 6.08 Å². The highest BCUT2D eigenvalue weighted by Crippen LogP contribution is 2.12. The highest BCUT2D eigenvalue weighted by Gasteiger charge is 2.06. The van der Waals surface area contributed by atoms with Gasteiger partial charge in [0.2, 0.25) is 10.0 Å². The Kier molecular flexibility index (Phi) is 6.49. The number of aromatic nitrogens is 2. The molecule has 0 spiro atoms. The fraction of sp³-hybridized carbons (Fsp3) is 0.294. The largest absolute Gasteiger partial charge is 0.369 e. The number of hydrogen-bond donors (Lipinski definition) is 2. The average molecular weight is 361 g/mol. The first-order valence-electron chi connectivity index (χ1n) is 7.85. The molecule has 25 heavy (non-hydrogen) atoms. The van der Waals surface area contributed by atoms with Crippen molar-refractivity contribution in [3.63, 3.8) is 0 Å². The van der Waals surface area contributed by atoms with Gasteiger partial charge in [0.1, 0.15) is 17.5 Å². The molecule has 0 bridgehead atoms. The van der Waals surface area contributed by atoms with Crippen LogP contribution in [-0.2, 0) is 10.0 Å². The van der Waals surface area contributed by atoms with Gasteiger partial charge in [-0.3, -0.25) is 0 Å². The van der Waals surface area contributed by atoms with Crippen LogP contribution >= 0.6 is 0 Å². The van der Waals surface area contributed by atoms with Crippen molar-refractivity contribution >= 4 is 27.7 Å². The van der Waals surface area contributed by atoms with Crippen molar-refractivity contribution in [3.05, 3.63) is 53.2 Å². The Morgan fingerprint density at radius 3 is 2.52 bits per heavy atom. The van der Waals surface area contributed by atoms with Crippen LogP contribution in [0.3, 0.4) is 0 Å². The summed E-state index contributed by atoms with van der Waals surface area (Å²) < 4.78 is 26.4. The van der Waals surface area contributed by atoms with Crippen molar-refractivity contribution in [3.8, 4) is 0 Å². The Morgan fingerprint density at radius 1 is 1.12 bits per heavy atom. The van der Waals surface area contributed by atoms with Gasteiger partial charge in [-0.1, -0.05) is 30.3 Å². The quantitative estimate of drug-likeness (QED) is 0.698. The number of anilines is 2. The molecule has 0 fully saturated rings. The molecule has 0 radical (unpaired) electrons. The van der Waals surface area contributed by atoms with Crippen LogP contribution in [0.2, 0.25) is 0 Å². The highest BCUT2D eigenvalue weighted by molar-refractivity contribution is 7.92. The van der Waals surface area contributed by atoms with Crippen LogP contribution in [0, 0.1) is 6.92 Å². The molecule has 0 saturated carbocycles. The van der Waals surface area contributed by atoms with Crippen molar-refractivity contribution in [2.24, 2.45) is 0 Å². The molecule has 134 valence electrons. The van der Waals surface area contributed by atoms with Gasteiger partial charge in [-0.05, 0) is 18.6 Å². The van der Waals surface area contributed by atoms with E-state index in [1.165, 1.54) is 5.41 Å². The first-order chi connectivity index (χ1) is 11.9. The summed E-state index contributed by atoms with van der Waals surface area (Å²) in [5.74, 6) is 2.11. The van der Waals surface area contributed by atoms with E-state index >= 15 is 0 Å². The highest BCUT2D eigenvalue weighted by atomic mass is 32.2. The maximum absolute atomic E-state index is 12.0. The maximum Gasteiger partial charge on any atom is 0.233 e. The van der Waals surface area contributed by atoms with E-state index < -0.39 is 10.0 Å². The number of nitrogens with zero attached hydrogens (tertiary/aromatic N) is 3. The molecule has 0 atom stereocenters. The molecule has 0 aliphatic carbocycles. The Morgan fingerprint density at radius 2 is 1.84 bits per heavy atom. The van der Waals surface area contributed by atoms with Gasteiger partial charge in [0.15, 0.2) is 0 Å². The topological polar surface area (TPSA) is 87.2 Å². The molecule has 2 rings (SSSR count). The van der Waals surface area contributed by atoms with Gasteiger partial charge >= 0.3 is 0 Å². The SMILES string of the molecule is Cc1nc(NCCNS(=O)(=O)/C=C/c2ccccc2)cc(N(C)C)n1. The third kappa shape index (κ3) is 6.52. The van der Waals surface area contributed by atoms with Crippen molar-refractivity contribution in [1.29, 1.82) is 0 Å². The second kappa shape index (κ2) is 8.59. The molecular formula is C17H23N5O2S. The minimum Gasteiger partial charge on any atom is -0.369 e. The lowest BCUT2D eigenvalue weighted by atomic mass is 10.2. The minimum atomic E-state index is -3.48. The van der Waals surface area contributed by atoms with Crippen molar-refractivity contribution < 1.29 is 8.42 Å². The van der Waals surface area contributed by atoms with E-state index in [4.69, 9.17) is 0 Å². The van der Waals surface area contributed by atoms with E-state index in [0.717, 1.165) is 11.4 Å². The summed E-state index contributed by atoms with van der Waals surface area (Å²) >= 11 is 0. The molecule has 0 amide bonds. The van der Waals surface area contributed by atoms with Gasteiger partial charge in [0.25, 0.3) is 0 Å². The minimum absolute atomic E-state index is 0.252. The summed E-state index contributed by atoms with van der Waals surface area (Å²) in [5, 5.41) is 4.27. The van der Waals surface area contributed by atoms with E-state index in [1.807, 2.05) is 62.3 Å². The van der Waals surface area contributed by atoms with E-state index in [0.29, 0.717) is 18.2 Å². The van der Waals surface area contributed by atoms with Gasteiger partial charge in [-0.15, -0.1) is 0 Å². The van der Waals surface area contributed by atoms with E-state index in [9.17, 15) is 8.42 Å². The Bertz CT molecular complexity index is 820. The molecule has 0 aliphatic heterocycles. The van der Waals surface area contributed by atoms with E-state index in [-0.39, 0.29) is 6.54 Å². The average Bonchev–Trinajstić information content (AvgIpc) is 2.57. The van der Waals surface area contributed by atoms with E-state index in [2.05, 4.69) is 20.0 Å². The second-order valence-electron chi connectivity index (χ2n) is 5.63. The third-order valence-electron chi connectivity index (χ3n) is 3.26. The number of aryl methyl sites for hydroxylation is 1. The van der Waals surface area contributed by atoms with Gasteiger partial charge < -0.3 is 10.2 Å². The fourth-order valence-electron chi connectivity index (χ4n) is 2.04. The molecule has 8 heteroatoms. The lowest BCUT2D eigenvalue weighted by molar-refractivity contribution is 0.592. The first-order valence-corrected chi connectivity index (χ1v) is 9.40. The molecule has 2 N–H and O–H groups in total. The monoisotopic (exact) mass is 361 g/mol. The molecule has 0 saturated heterocycles. The van der Waals surface area contributed by atoms with Crippen molar-refractivity contribution in [1.82, 2.24) is 14.7 Å². The Balaban J connectivity index is 1.85. The number of sulfonamides is 1. The van der Waals surface area contributed by atoms with Crippen LogP contribution in [-0.4, -0.2) is 45.6 Å². The van der Waals surface area contributed by atoms with Gasteiger partial charge in [-0.25, -0.2) is 23.1 Å². The molecule has 0 unspecified atom stereocenters. The zero-order valence-electron chi connectivity index (χ0n) is 14.6. The number of nitrogens with one attached hydrogen (secondary N) is 2. The predicted molar refractivity (Wildman–Crippen MR) is 102 cm³/mol. The molecule has 7 nitrogen and oxygen atoms in total. The summed E-state index contributed by atoms with van der Waals surface area (Å²) in [6.45, 7) is 2.48. The number of benzene rings is 1. The summed E-state index contributed by atoms with van der Waals surface area (Å²) in [4.78, 5) is 10.5. The van der Waals surface area contributed by atoms with Crippen LogP contribution in [0.15, 0.2) is 41.8 Å². The fourth-order valence-corrected chi connectivity index (χ4v) is 2.85. The van der Waals surface area contributed by atoms with Gasteiger partial charge in [0.05, 0.1) is 0 Å². The predicted octanol–water partition coefficient (Wildman–Crippen LogP) is 1.85.